The highest BCUT2D eigenvalue weighted by Gasteiger charge is 2.12. The molecule has 0 N–H and O–H groups in total. The number of carbonyl (C=O) groups is 1. The number of aromatic nitrogens is 1. The summed E-state index contributed by atoms with van der Waals surface area (Å²) in [5.74, 6) is 0.292. The summed E-state index contributed by atoms with van der Waals surface area (Å²) in [5, 5.41) is 0.625. The SMILES string of the molecule is COCCn1c(=NC(=O)c2cccc(OC)c2)sc2cccc(Cl)c21. The average Bonchev–Trinajstić information content (AvgIpc) is 2.98. The first-order chi connectivity index (χ1) is 12.1. The van der Waals surface area contributed by atoms with Crippen molar-refractivity contribution in [1.29, 1.82) is 0 Å². The maximum Gasteiger partial charge on any atom is 0.279 e. The molecule has 130 valence electrons. The third kappa shape index (κ3) is 3.76. The number of hydrogen-bond acceptors (Lipinski definition) is 4. The Morgan fingerprint density at radius 3 is 2.80 bits per heavy atom. The number of nitrogens with zero attached hydrogens (tertiary/aromatic N) is 2. The summed E-state index contributed by atoms with van der Waals surface area (Å²) in [6.45, 7) is 1.06. The molecule has 0 aliphatic heterocycles. The van der Waals surface area contributed by atoms with Crippen molar-refractivity contribution in [3.63, 3.8) is 0 Å². The number of rotatable bonds is 5. The van der Waals surface area contributed by atoms with Gasteiger partial charge in [-0.2, -0.15) is 4.99 Å². The van der Waals surface area contributed by atoms with Crippen LogP contribution in [0.25, 0.3) is 10.2 Å². The van der Waals surface area contributed by atoms with Crippen molar-refractivity contribution in [3.8, 4) is 5.75 Å². The molecule has 5 nitrogen and oxygen atoms in total. The number of ether oxygens (including phenoxy) is 2. The van der Waals surface area contributed by atoms with Crippen LogP contribution in [0.15, 0.2) is 47.5 Å². The quantitative estimate of drug-likeness (QED) is 0.681. The van der Waals surface area contributed by atoms with Gasteiger partial charge in [0.15, 0.2) is 4.80 Å². The molecule has 0 aliphatic carbocycles. The highest BCUT2D eigenvalue weighted by molar-refractivity contribution is 7.16. The number of carbonyl (C=O) groups excluding carboxylic acids is 1. The molecule has 1 aromatic heterocycles. The van der Waals surface area contributed by atoms with E-state index in [9.17, 15) is 4.79 Å². The minimum Gasteiger partial charge on any atom is -0.497 e. The fourth-order valence-electron chi connectivity index (χ4n) is 2.47. The Kier molecular flexibility index (Phi) is 5.53. The number of fused-ring (bicyclic) bond motifs is 1. The average molecular weight is 377 g/mol. The lowest BCUT2D eigenvalue weighted by atomic mass is 10.2. The molecule has 0 fully saturated rings. The maximum absolute atomic E-state index is 12.6. The van der Waals surface area contributed by atoms with Crippen molar-refractivity contribution in [2.24, 2.45) is 4.99 Å². The third-order valence-corrected chi connectivity index (χ3v) is 5.03. The van der Waals surface area contributed by atoms with Gasteiger partial charge >= 0.3 is 0 Å². The van der Waals surface area contributed by atoms with Gasteiger partial charge in [-0.3, -0.25) is 4.79 Å². The minimum absolute atomic E-state index is 0.326. The molecule has 0 bridgehead atoms. The smallest absolute Gasteiger partial charge is 0.279 e. The molecule has 0 saturated carbocycles. The molecule has 3 aromatic rings. The molecule has 1 amide bonds. The van der Waals surface area contributed by atoms with Crippen LogP contribution in [0.5, 0.6) is 5.75 Å². The molecule has 0 spiro atoms. The fourth-order valence-corrected chi connectivity index (χ4v) is 3.88. The first-order valence-corrected chi connectivity index (χ1v) is 8.83. The van der Waals surface area contributed by atoms with Crippen LogP contribution >= 0.6 is 22.9 Å². The Bertz CT molecular complexity index is 978. The number of halogens is 1. The number of benzene rings is 2. The molecule has 0 aliphatic rings. The van der Waals surface area contributed by atoms with Gasteiger partial charge in [-0.1, -0.05) is 35.1 Å². The summed E-state index contributed by atoms with van der Waals surface area (Å²) < 4.78 is 13.2. The topological polar surface area (TPSA) is 52.8 Å². The summed E-state index contributed by atoms with van der Waals surface area (Å²) >= 11 is 7.78. The summed E-state index contributed by atoms with van der Waals surface area (Å²) in [6.07, 6.45) is 0. The molecule has 25 heavy (non-hydrogen) atoms. The van der Waals surface area contributed by atoms with E-state index in [2.05, 4.69) is 4.99 Å². The third-order valence-electron chi connectivity index (χ3n) is 3.68. The zero-order valence-corrected chi connectivity index (χ0v) is 15.4. The number of methoxy groups -OCH3 is 2. The van der Waals surface area contributed by atoms with Crippen LogP contribution < -0.4 is 9.54 Å². The van der Waals surface area contributed by atoms with E-state index in [1.54, 1.807) is 38.5 Å². The molecular weight excluding hydrogens is 360 g/mol. The Morgan fingerprint density at radius 2 is 2.04 bits per heavy atom. The molecule has 0 atom stereocenters. The molecular formula is C18H17ClN2O3S. The fraction of sp³-hybridized carbons (Fsp3) is 0.222. The highest BCUT2D eigenvalue weighted by Crippen LogP contribution is 2.25. The lowest BCUT2D eigenvalue weighted by Crippen LogP contribution is -2.19. The second-order valence-corrected chi connectivity index (χ2v) is 6.68. The largest absolute Gasteiger partial charge is 0.497 e. The first kappa shape index (κ1) is 17.7. The monoisotopic (exact) mass is 376 g/mol. The van der Waals surface area contributed by atoms with E-state index < -0.39 is 0 Å². The molecule has 7 heteroatoms. The van der Waals surface area contributed by atoms with E-state index in [0.29, 0.717) is 34.3 Å². The van der Waals surface area contributed by atoms with E-state index in [4.69, 9.17) is 21.1 Å². The van der Waals surface area contributed by atoms with Gasteiger partial charge < -0.3 is 14.0 Å². The Morgan fingerprint density at radius 1 is 1.24 bits per heavy atom. The highest BCUT2D eigenvalue weighted by atomic mass is 35.5. The van der Waals surface area contributed by atoms with E-state index in [1.807, 2.05) is 22.8 Å². The zero-order valence-electron chi connectivity index (χ0n) is 13.9. The van der Waals surface area contributed by atoms with E-state index in [0.717, 1.165) is 10.2 Å². The summed E-state index contributed by atoms with van der Waals surface area (Å²) in [4.78, 5) is 17.5. The van der Waals surface area contributed by atoms with Gasteiger partial charge in [0.1, 0.15) is 5.75 Å². The second kappa shape index (κ2) is 7.82. The van der Waals surface area contributed by atoms with Crippen LogP contribution in [0, 0.1) is 0 Å². The summed E-state index contributed by atoms with van der Waals surface area (Å²) in [7, 11) is 3.20. The minimum atomic E-state index is -0.326. The summed E-state index contributed by atoms with van der Waals surface area (Å²) in [5.41, 5.74) is 1.34. The van der Waals surface area contributed by atoms with Gasteiger partial charge in [-0.05, 0) is 30.3 Å². The second-order valence-electron chi connectivity index (χ2n) is 5.26. The molecule has 1 heterocycles. The van der Waals surface area contributed by atoms with Crippen molar-refractivity contribution < 1.29 is 14.3 Å². The number of thiazole rings is 1. The number of hydrogen-bond donors (Lipinski definition) is 0. The zero-order chi connectivity index (χ0) is 17.8. The van der Waals surface area contributed by atoms with Gasteiger partial charge in [0.25, 0.3) is 5.91 Å². The van der Waals surface area contributed by atoms with Crippen LogP contribution in [0.1, 0.15) is 10.4 Å². The number of para-hydroxylation sites is 1. The van der Waals surface area contributed by atoms with Crippen molar-refractivity contribution >= 4 is 39.1 Å². The predicted molar refractivity (Wildman–Crippen MR) is 99.6 cm³/mol. The normalized spacial score (nSPS) is 11.9. The Labute approximate surface area is 154 Å². The van der Waals surface area contributed by atoms with Crippen LogP contribution in [-0.4, -0.2) is 31.3 Å². The van der Waals surface area contributed by atoms with Crippen LogP contribution in [-0.2, 0) is 11.3 Å². The molecule has 2 aromatic carbocycles. The van der Waals surface area contributed by atoms with Crippen LogP contribution in [0.3, 0.4) is 0 Å². The predicted octanol–water partition coefficient (Wildman–Crippen LogP) is 3.75. The van der Waals surface area contributed by atoms with E-state index in [-0.39, 0.29) is 5.91 Å². The van der Waals surface area contributed by atoms with Crippen molar-refractivity contribution in [2.45, 2.75) is 6.54 Å². The standard InChI is InChI=1S/C18H17ClN2O3S/c1-23-10-9-21-16-14(19)7-4-8-15(16)25-18(21)20-17(22)12-5-3-6-13(11-12)24-2/h3-8,11H,9-10H2,1-2H3. The molecule has 0 unspecified atom stereocenters. The van der Waals surface area contributed by atoms with Gasteiger partial charge in [0, 0.05) is 19.2 Å². The van der Waals surface area contributed by atoms with Crippen LogP contribution in [0.2, 0.25) is 5.02 Å². The molecule has 0 radical (unpaired) electrons. The molecule has 0 saturated heterocycles. The van der Waals surface area contributed by atoms with Gasteiger partial charge in [0.2, 0.25) is 0 Å². The van der Waals surface area contributed by atoms with Crippen molar-refractivity contribution in [3.05, 3.63) is 57.9 Å². The Balaban J connectivity index is 2.11. The summed E-state index contributed by atoms with van der Waals surface area (Å²) in [6, 6.07) is 12.6. The van der Waals surface area contributed by atoms with Crippen molar-refractivity contribution in [1.82, 2.24) is 4.57 Å². The van der Waals surface area contributed by atoms with E-state index >= 15 is 0 Å². The van der Waals surface area contributed by atoms with Gasteiger partial charge in [0.05, 0.1) is 29.0 Å². The lowest BCUT2D eigenvalue weighted by molar-refractivity contribution is 0.0997. The van der Waals surface area contributed by atoms with Crippen molar-refractivity contribution in [2.75, 3.05) is 20.8 Å². The first-order valence-electron chi connectivity index (χ1n) is 7.64. The van der Waals surface area contributed by atoms with Crippen LogP contribution in [0.4, 0.5) is 0 Å². The van der Waals surface area contributed by atoms with Gasteiger partial charge in [-0.15, -0.1) is 0 Å². The number of amides is 1. The van der Waals surface area contributed by atoms with E-state index in [1.165, 1.54) is 11.3 Å². The lowest BCUT2D eigenvalue weighted by Gasteiger charge is -2.05. The molecule has 3 rings (SSSR count). The Hall–Kier alpha value is -2.15. The van der Waals surface area contributed by atoms with Gasteiger partial charge in [-0.25, -0.2) is 0 Å². The maximum atomic E-state index is 12.6.